The highest BCUT2D eigenvalue weighted by atomic mass is 16.1. The first kappa shape index (κ1) is 11.1. The Labute approximate surface area is 96.0 Å². The van der Waals surface area contributed by atoms with Crippen LogP contribution in [0.4, 0.5) is 5.69 Å². The second-order valence-corrected chi connectivity index (χ2v) is 4.65. The van der Waals surface area contributed by atoms with Crippen LogP contribution >= 0.6 is 0 Å². The number of amides is 1. The Morgan fingerprint density at radius 2 is 2.25 bits per heavy atom. The normalized spacial score (nSPS) is 19.5. The summed E-state index contributed by atoms with van der Waals surface area (Å²) in [5.74, 6) is 0.658. The molecule has 1 aliphatic rings. The molecule has 0 aliphatic carbocycles. The summed E-state index contributed by atoms with van der Waals surface area (Å²) in [5, 5.41) is 2.98. The van der Waals surface area contributed by atoms with Crippen LogP contribution in [0.15, 0.2) is 18.2 Å². The molecule has 1 atom stereocenters. The van der Waals surface area contributed by atoms with Crippen LogP contribution in [-0.4, -0.2) is 12.5 Å². The zero-order chi connectivity index (χ0) is 11.7. The number of nitrogens with one attached hydrogen (secondary N) is 1. The van der Waals surface area contributed by atoms with Crippen molar-refractivity contribution in [2.24, 2.45) is 5.73 Å². The highest BCUT2D eigenvalue weighted by molar-refractivity contribution is 5.95. The van der Waals surface area contributed by atoms with E-state index in [9.17, 15) is 4.79 Å². The highest BCUT2D eigenvalue weighted by Crippen LogP contribution is 2.36. The van der Waals surface area contributed by atoms with Gasteiger partial charge in [-0.25, -0.2) is 0 Å². The molecule has 1 unspecified atom stereocenters. The Hall–Kier alpha value is -1.35. The van der Waals surface area contributed by atoms with Gasteiger partial charge in [-0.15, -0.1) is 0 Å². The summed E-state index contributed by atoms with van der Waals surface area (Å²) in [4.78, 5) is 11.6. The van der Waals surface area contributed by atoms with E-state index in [-0.39, 0.29) is 11.8 Å². The Bertz CT molecular complexity index is 412. The fraction of sp³-hybridized carbons (Fsp3) is 0.462. The third kappa shape index (κ3) is 1.83. The van der Waals surface area contributed by atoms with E-state index in [0.29, 0.717) is 18.9 Å². The molecule has 0 aromatic heterocycles. The molecule has 16 heavy (non-hydrogen) atoms. The largest absolute Gasteiger partial charge is 0.330 e. The van der Waals surface area contributed by atoms with Crippen molar-refractivity contribution in [2.75, 3.05) is 11.9 Å². The predicted molar refractivity (Wildman–Crippen MR) is 65.6 cm³/mol. The second kappa shape index (κ2) is 4.26. The molecule has 1 heterocycles. The fourth-order valence-electron chi connectivity index (χ4n) is 2.29. The monoisotopic (exact) mass is 218 g/mol. The number of para-hydroxylation sites is 1. The second-order valence-electron chi connectivity index (χ2n) is 4.65. The van der Waals surface area contributed by atoms with Gasteiger partial charge in [0.15, 0.2) is 0 Å². The van der Waals surface area contributed by atoms with Gasteiger partial charge in [-0.05, 0) is 23.6 Å². The Balaban J connectivity index is 2.52. The van der Waals surface area contributed by atoms with Crippen molar-refractivity contribution in [2.45, 2.75) is 32.1 Å². The maximum absolute atomic E-state index is 11.6. The maximum atomic E-state index is 11.6. The zero-order valence-electron chi connectivity index (χ0n) is 9.79. The molecule has 0 saturated heterocycles. The van der Waals surface area contributed by atoms with Gasteiger partial charge in [0, 0.05) is 18.0 Å². The number of fused-ring (bicyclic) bond motifs is 1. The van der Waals surface area contributed by atoms with E-state index in [0.717, 1.165) is 5.69 Å². The first-order chi connectivity index (χ1) is 7.63. The van der Waals surface area contributed by atoms with Crippen LogP contribution in [0.3, 0.4) is 0 Å². The number of rotatable bonds is 2. The lowest BCUT2D eigenvalue weighted by Crippen LogP contribution is -2.28. The van der Waals surface area contributed by atoms with Gasteiger partial charge in [0.25, 0.3) is 0 Å². The molecule has 0 radical (unpaired) electrons. The maximum Gasteiger partial charge on any atom is 0.225 e. The average molecular weight is 218 g/mol. The van der Waals surface area contributed by atoms with E-state index in [1.54, 1.807) is 0 Å². The van der Waals surface area contributed by atoms with Crippen molar-refractivity contribution in [1.29, 1.82) is 0 Å². The number of hydrogen-bond acceptors (Lipinski definition) is 2. The van der Waals surface area contributed by atoms with Crippen molar-refractivity contribution >= 4 is 11.6 Å². The van der Waals surface area contributed by atoms with Crippen molar-refractivity contribution in [3.05, 3.63) is 29.3 Å². The minimum Gasteiger partial charge on any atom is -0.330 e. The van der Waals surface area contributed by atoms with E-state index >= 15 is 0 Å². The standard InChI is InChI=1S/C13H18N2O/c1-8(2)10-4-3-5-11-9(7-14)6-12(16)15-13(10)11/h3-5,8-9H,6-7,14H2,1-2H3,(H,15,16). The van der Waals surface area contributed by atoms with Crippen LogP contribution in [0.25, 0.3) is 0 Å². The SMILES string of the molecule is CC(C)c1cccc2c1NC(=O)CC2CN. The van der Waals surface area contributed by atoms with E-state index < -0.39 is 0 Å². The third-order valence-corrected chi connectivity index (χ3v) is 3.17. The summed E-state index contributed by atoms with van der Waals surface area (Å²) in [6, 6.07) is 6.19. The number of carbonyl (C=O) groups excluding carboxylic acids is 1. The van der Waals surface area contributed by atoms with Gasteiger partial charge in [0.2, 0.25) is 5.91 Å². The van der Waals surface area contributed by atoms with Gasteiger partial charge in [-0.3, -0.25) is 4.79 Å². The molecule has 0 spiro atoms. The lowest BCUT2D eigenvalue weighted by atomic mass is 9.86. The van der Waals surface area contributed by atoms with E-state index in [2.05, 4.69) is 31.3 Å². The topological polar surface area (TPSA) is 55.1 Å². The lowest BCUT2D eigenvalue weighted by Gasteiger charge is -2.27. The van der Waals surface area contributed by atoms with Crippen LogP contribution in [0, 0.1) is 0 Å². The summed E-state index contributed by atoms with van der Waals surface area (Å²) in [5.41, 5.74) is 9.10. The number of anilines is 1. The summed E-state index contributed by atoms with van der Waals surface area (Å²) < 4.78 is 0. The van der Waals surface area contributed by atoms with E-state index in [1.165, 1.54) is 11.1 Å². The van der Waals surface area contributed by atoms with E-state index in [4.69, 9.17) is 5.73 Å². The summed E-state index contributed by atoms with van der Waals surface area (Å²) in [6.45, 7) is 4.80. The molecule has 3 nitrogen and oxygen atoms in total. The predicted octanol–water partition coefficient (Wildman–Crippen LogP) is 2.19. The fourth-order valence-corrected chi connectivity index (χ4v) is 2.29. The first-order valence-electron chi connectivity index (χ1n) is 5.76. The Kier molecular flexibility index (Phi) is 2.97. The summed E-state index contributed by atoms with van der Waals surface area (Å²) >= 11 is 0. The van der Waals surface area contributed by atoms with Crippen LogP contribution in [0.5, 0.6) is 0 Å². The van der Waals surface area contributed by atoms with Crippen LogP contribution < -0.4 is 11.1 Å². The number of carbonyl (C=O) groups is 1. The molecule has 1 aromatic rings. The summed E-state index contributed by atoms with van der Waals surface area (Å²) in [6.07, 6.45) is 0.505. The van der Waals surface area contributed by atoms with Crippen LogP contribution in [-0.2, 0) is 4.79 Å². The van der Waals surface area contributed by atoms with Crippen molar-refractivity contribution < 1.29 is 4.79 Å². The molecule has 1 aromatic carbocycles. The lowest BCUT2D eigenvalue weighted by molar-refractivity contribution is -0.116. The molecule has 3 heteroatoms. The summed E-state index contributed by atoms with van der Waals surface area (Å²) in [7, 11) is 0. The number of nitrogens with two attached hydrogens (primary N) is 1. The minimum atomic E-state index is 0.0797. The smallest absolute Gasteiger partial charge is 0.225 e. The van der Waals surface area contributed by atoms with Gasteiger partial charge >= 0.3 is 0 Å². The number of benzene rings is 1. The molecular formula is C13H18N2O. The van der Waals surface area contributed by atoms with Crippen molar-refractivity contribution in [3.63, 3.8) is 0 Å². The molecule has 3 N–H and O–H groups in total. The average Bonchev–Trinajstić information content (AvgIpc) is 2.26. The zero-order valence-corrected chi connectivity index (χ0v) is 9.79. The minimum absolute atomic E-state index is 0.0797. The third-order valence-electron chi connectivity index (χ3n) is 3.17. The van der Waals surface area contributed by atoms with Gasteiger partial charge in [-0.2, -0.15) is 0 Å². The highest BCUT2D eigenvalue weighted by Gasteiger charge is 2.26. The van der Waals surface area contributed by atoms with Crippen molar-refractivity contribution in [1.82, 2.24) is 0 Å². The van der Waals surface area contributed by atoms with E-state index in [1.807, 2.05) is 6.07 Å². The molecule has 1 amide bonds. The molecule has 0 saturated carbocycles. The van der Waals surface area contributed by atoms with Gasteiger partial charge in [-0.1, -0.05) is 32.0 Å². The number of hydrogen-bond donors (Lipinski definition) is 2. The van der Waals surface area contributed by atoms with Gasteiger partial charge in [0.05, 0.1) is 0 Å². The Morgan fingerprint density at radius 3 is 2.88 bits per heavy atom. The molecule has 2 rings (SSSR count). The quantitative estimate of drug-likeness (QED) is 0.799. The molecule has 0 fully saturated rings. The first-order valence-corrected chi connectivity index (χ1v) is 5.76. The molecule has 1 aliphatic heterocycles. The van der Waals surface area contributed by atoms with Gasteiger partial charge < -0.3 is 11.1 Å². The van der Waals surface area contributed by atoms with Crippen molar-refractivity contribution in [3.8, 4) is 0 Å². The molecular weight excluding hydrogens is 200 g/mol. The van der Waals surface area contributed by atoms with Gasteiger partial charge in [0.1, 0.15) is 0 Å². The molecule has 86 valence electrons. The van der Waals surface area contributed by atoms with Crippen LogP contribution in [0.2, 0.25) is 0 Å². The van der Waals surface area contributed by atoms with Crippen LogP contribution in [0.1, 0.15) is 43.2 Å². The Morgan fingerprint density at radius 1 is 1.50 bits per heavy atom. The molecule has 0 bridgehead atoms.